The number of benzene rings is 2. The Morgan fingerprint density at radius 2 is 1.83 bits per heavy atom. The molecule has 0 spiro atoms. The number of fused-ring (bicyclic) bond motifs is 1. The maximum atomic E-state index is 13.7. The Balaban J connectivity index is 1.71. The first-order valence-electron chi connectivity index (χ1n) is 9.26. The number of nitrogens with zero attached hydrogens (tertiary/aromatic N) is 1. The molecule has 1 heterocycles. The van der Waals surface area contributed by atoms with Crippen LogP contribution >= 0.6 is 11.3 Å². The minimum Gasteiger partial charge on any atom is -0.491 e. The largest absolute Gasteiger partial charge is 0.491 e. The molecule has 0 aliphatic heterocycles. The summed E-state index contributed by atoms with van der Waals surface area (Å²) in [6, 6.07) is 13.3. The Bertz CT molecular complexity index is 985. The number of carbonyl (C=O) groups excluding carboxylic acids is 1. The van der Waals surface area contributed by atoms with Crippen molar-refractivity contribution < 1.29 is 27.8 Å². The van der Waals surface area contributed by atoms with Crippen LogP contribution in [0.1, 0.15) is 30.8 Å². The lowest BCUT2D eigenvalue weighted by molar-refractivity contribution is -0.267. The van der Waals surface area contributed by atoms with Gasteiger partial charge in [0.15, 0.2) is 0 Å². The molecule has 1 amide bonds. The molecule has 0 saturated heterocycles. The Hall–Kier alpha value is -2.65. The van der Waals surface area contributed by atoms with Gasteiger partial charge in [-0.05, 0) is 43.7 Å². The van der Waals surface area contributed by atoms with Crippen LogP contribution in [-0.2, 0) is 16.9 Å². The fourth-order valence-electron chi connectivity index (χ4n) is 2.80. The number of amides is 1. The van der Waals surface area contributed by atoms with Gasteiger partial charge in [-0.2, -0.15) is 13.2 Å². The third kappa shape index (κ3) is 4.91. The third-order valence-electron chi connectivity index (χ3n) is 4.32. The highest BCUT2D eigenvalue weighted by atomic mass is 32.1. The number of para-hydroxylation sites is 1. The van der Waals surface area contributed by atoms with Gasteiger partial charge in [0.1, 0.15) is 10.8 Å². The minimum absolute atomic E-state index is 0.0121. The summed E-state index contributed by atoms with van der Waals surface area (Å²) in [6.45, 7) is 3.80. The molecule has 9 heteroatoms. The maximum Gasteiger partial charge on any atom is 0.424 e. The molecule has 3 aromatic rings. The topological polar surface area (TPSA) is 71.5 Å². The normalized spacial score (nSPS) is 14.0. The van der Waals surface area contributed by atoms with Gasteiger partial charge in [0.05, 0.1) is 22.7 Å². The van der Waals surface area contributed by atoms with Crippen LogP contribution in [0.15, 0.2) is 48.5 Å². The maximum absolute atomic E-state index is 13.7. The van der Waals surface area contributed by atoms with Crippen LogP contribution in [0.3, 0.4) is 0 Å². The zero-order chi connectivity index (χ0) is 21.9. The van der Waals surface area contributed by atoms with Crippen molar-refractivity contribution in [1.82, 2.24) is 10.3 Å². The van der Waals surface area contributed by atoms with Crippen molar-refractivity contribution in [2.75, 3.05) is 0 Å². The molecule has 0 aliphatic rings. The van der Waals surface area contributed by atoms with Crippen LogP contribution in [-0.4, -0.2) is 28.3 Å². The molecule has 0 radical (unpaired) electrons. The number of hydrogen-bond acceptors (Lipinski definition) is 5. The van der Waals surface area contributed by atoms with Crippen LogP contribution in [0.4, 0.5) is 13.2 Å². The number of thiazole rings is 1. The van der Waals surface area contributed by atoms with E-state index in [9.17, 15) is 23.1 Å². The lowest BCUT2D eigenvalue weighted by Crippen LogP contribution is -2.46. The van der Waals surface area contributed by atoms with E-state index in [-0.39, 0.29) is 12.6 Å². The molecular weight excluding hydrogens is 417 g/mol. The van der Waals surface area contributed by atoms with Gasteiger partial charge >= 0.3 is 6.18 Å². The van der Waals surface area contributed by atoms with Gasteiger partial charge in [0, 0.05) is 6.54 Å². The lowest BCUT2D eigenvalue weighted by atomic mass is 9.99. The van der Waals surface area contributed by atoms with Crippen LogP contribution in [0.2, 0.25) is 0 Å². The standard InChI is InChI=1S/C21H21F3N2O3S/c1-13(2)29-15-9-7-14(8-10-15)12-25-18(27)11-20(28,21(22,23)24)19-26-16-5-3-4-6-17(16)30-19/h3-10,13,28H,11-12H2,1-2H3,(H,25,27). The summed E-state index contributed by atoms with van der Waals surface area (Å²) in [5, 5.41) is 12.3. The molecule has 0 aliphatic carbocycles. The summed E-state index contributed by atoms with van der Waals surface area (Å²) in [4.78, 5) is 16.2. The van der Waals surface area contributed by atoms with Crippen molar-refractivity contribution in [3.05, 3.63) is 59.1 Å². The molecule has 0 saturated carbocycles. The summed E-state index contributed by atoms with van der Waals surface area (Å²) >= 11 is 0.719. The minimum atomic E-state index is -5.06. The van der Waals surface area contributed by atoms with Crippen LogP contribution < -0.4 is 10.1 Å². The zero-order valence-corrected chi connectivity index (χ0v) is 17.2. The van der Waals surface area contributed by atoms with E-state index < -0.39 is 29.1 Å². The fraction of sp³-hybridized carbons (Fsp3) is 0.333. The Labute approximate surface area is 175 Å². The molecule has 3 rings (SSSR count). The number of aromatic nitrogens is 1. The molecule has 1 unspecified atom stereocenters. The predicted molar refractivity (Wildman–Crippen MR) is 108 cm³/mol. The third-order valence-corrected chi connectivity index (χ3v) is 5.51. The molecule has 1 atom stereocenters. The first-order chi connectivity index (χ1) is 14.1. The average molecular weight is 438 g/mol. The number of alkyl halides is 3. The molecule has 5 nitrogen and oxygen atoms in total. The van der Waals surface area contributed by atoms with E-state index in [1.54, 1.807) is 48.5 Å². The van der Waals surface area contributed by atoms with E-state index in [1.807, 2.05) is 13.8 Å². The highest BCUT2D eigenvalue weighted by Crippen LogP contribution is 2.44. The van der Waals surface area contributed by atoms with Gasteiger partial charge in [0.25, 0.3) is 0 Å². The quantitative estimate of drug-likeness (QED) is 0.568. The van der Waals surface area contributed by atoms with Gasteiger partial charge < -0.3 is 15.2 Å². The second kappa shape index (κ2) is 8.61. The van der Waals surface area contributed by atoms with E-state index in [0.717, 1.165) is 11.3 Å². The number of ether oxygens (including phenoxy) is 1. The van der Waals surface area contributed by atoms with Crippen molar-refractivity contribution in [3.63, 3.8) is 0 Å². The van der Waals surface area contributed by atoms with E-state index in [1.165, 1.54) is 0 Å². The second-order valence-corrected chi connectivity index (χ2v) is 8.14. The number of rotatable bonds is 7. The first-order valence-corrected chi connectivity index (χ1v) is 10.1. The van der Waals surface area contributed by atoms with Crippen molar-refractivity contribution in [2.24, 2.45) is 0 Å². The highest BCUT2D eigenvalue weighted by Gasteiger charge is 2.58. The predicted octanol–water partition coefficient (Wildman–Crippen LogP) is 4.54. The number of halogens is 3. The van der Waals surface area contributed by atoms with Crippen molar-refractivity contribution in [1.29, 1.82) is 0 Å². The van der Waals surface area contributed by atoms with Gasteiger partial charge in [0.2, 0.25) is 11.5 Å². The SMILES string of the molecule is CC(C)Oc1ccc(CNC(=O)CC(O)(c2nc3ccccc3s2)C(F)(F)F)cc1. The molecule has 0 fully saturated rings. The van der Waals surface area contributed by atoms with E-state index in [2.05, 4.69) is 10.3 Å². The van der Waals surface area contributed by atoms with Crippen molar-refractivity contribution >= 4 is 27.5 Å². The van der Waals surface area contributed by atoms with Crippen LogP contribution in [0, 0.1) is 0 Å². The number of hydrogen-bond donors (Lipinski definition) is 2. The summed E-state index contributed by atoms with van der Waals surface area (Å²) in [5.41, 5.74) is -2.34. The van der Waals surface area contributed by atoms with E-state index in [4.69, 9.17) is 4.74 Å². The average Bonchev–Trinajstić information content (AvgIpc) is 3.11. The first kappa shape index (κ1) is 22.0. The molecule has 2 N–H and O–H groups in total. The summed E-state index contributed by atoms with van der Waals surface area (Å²) in [7, 11) is 0. The molecule has 160 valence electrons. The Morgan fingerprint density at radius 3 is 2.43 bits per heavy atom. The smallest absolute Gasteiger partial charge is 0.424 e. The summed E-state index contributed by atoms with van der Waals surface area (Å²) < 4.78 is 47.2. The summed E-state index contributed by atoms with van der Waals surface area (Å²) in [5.74, 6) is -0.279. The highest BCUT2D eigenvalue weighted by molar-refractivity contribution is 7.18. The number of aliphatic hydroxyl groups is 1. The molecule has 0 bridgehead atoms. The van der Waals surface area contributed by atoms with Gasteiger partial charge in [-0.15, -0.1) is 11.3 Å². The van der Waals surface area contributed by atoms with Crippen molar-refractivity contribution in [2.45, 2.75) is 44.7 Å². The zero-order valence-electron chi connectivity index (χ0n) is 16.4. The van der Waals surface area contributed by atoms with Gasteiger partial charge in [-0.25, -0.2) is 4.98 Å². The number of carbonyl (C=O) groups is 1. The second-order valence-electron chi connectivity index (χ2n) is 7.11. The fourth-order valence-corrected chi connectivity index (χ4v) is 3.87. The lowest BCUT2D eigenvalue weighted by Gasteiger charge is -2.27. The molecular formula is C21H21F3N2O3S. The molecule has 2 aromatic carbocycles. The van der Waals surface area contributed by atoms with E-state index >= 15 is 0 Å². The summed E-state index contributed by atoms with van der Waals surface area (Å²) in [6.07, 6.45) is -6.23. The monoisotopic (exact) mass is 438 g/mol. The van der Waals surface area contributed by atoms with Gasteiger partial charge in [-0.3, -0.25) is 4.79 Å². The van der Waals surface area contributed by atoms with Crippen molar-refractivity contribution in [3.8, 4) is 5.75 Å². The Kier molecular flexibility index (Phi) is 6.33. The molecule has 30 heavy (non-hydrogen) atoms. The van der Waals surface area contributed by atoms with Crippen LogP contribution in [0.5, 0.6) is 5.75 Å². The van der Waals surface area contributed by atoms with Gasteiger partial charge in [-0.1, -0.05) is 24.3 Å². The van der Waals surface area contributed by atoms with E-state index in [0.29, 0.717) is 21.5 Å². The Morgan fingerprint density at radius 1 is 1.17 bits per heavy atom. The number of nitrogens with one attached hydrogen (secondary N) is 1. The molecule has 1 aromatic heterocycles. The van der Waals surface area contributed by atoms with Crippen LogP contribution in [0.25, 0.3) is 10.2 Å².